The monoisotopic (exact) mass is 269 g/mol. The Morgan fingerprint density at radius 1 is 1.33 bits per heavy atom. The van der Waals surface area contributed by atoms with Crippen LogP contribution in [-0.2, 0) is 6.54 Å². The van der Waals surface area contributed by atoms with Gasteiger partial charge in [0.1, 0.15) is 0 Å². The van der Waals surface area contributed by atoms with Crippen molar-refractivity contribution in [2.75, 3.05) is 25.9 Å². The zero-order valence-corrected chi connectivity index (χ0v) is 11.9. The molecule has 0 fully saturated rings. The van der Waals surface area contributed by atoms with E-state index in [4.69, 9.17) is 17.3 Å². The molecular formula is C13H20ClN3O. The lowest BCUT2D eigenvalue weighted by Crippen LogP contribution is -2.40. The first kappa shape index (κ1) is 14.6. The smallest absolute Gasteiger partial charge is 0.320 e. The van der Waals surface area contributed by atoms with Crippen molar-refractivity contribution in [3.8, 4) is 0 Å². The molecule has 4 nitrogen and oxygen atoms in total. The van der Waals surface area contributed by atoms with Crippen LogP contribution in [-0.4, -0.2) is 36.0 Å². The second kappa shape index (κ2) is 6.50. The van der Waals surface area contributed by atoms with Crippen LogP contribution in [0.15, 0.2) is 18.2 Å². The maximum absolute atomic E-state index is 12.1. The number of benzene rings is 1. The number of urea groups is 1. The first-order chi connectivity index (χ1) is 8.49. The van der Waals surface area contributed by atoms with E-state index < -0.39 is 0 Å². The van der Waals surface area contributed by atoms with Crippen LogP contribution in [0.3, 0.4) is 0 Å². The van der Waals surface area contributed by atoms with Gasteiger partial charge in [0, 0.05) is 37.4 Å². The summed E-state index contributed by atoms with van der Waals surface area (Å²) >= 11 is 6.09. The van der Waals surface area contributed by atoms with Crippen LogP contribution >= 0.6 is 11.6 Å². The largest absolute Gasteiger partial charge is 0.399 e. The lowest BCUT2D eigenvalue weighted by atomic mass is 10.2. The maximum atomic E-state index is 12.1. The number of carbonyl (C=O) groups excluding carboxylic acids is 1. The summed E-state index contributed by atoms with van der Waals surface area (Å²) in [5, 5.41) is 0.628. The third kappa shape index (κ3) is 3.53. The summed E-state index contributed by atoms with van der Waals surface area (Å²) < 4.78 is 0. The van der Waals surface area contributed by atoms with E-state index in [-0.39, 0.29) is 6.03 Å². The van der Waals surface area contributed by atoms with Gasteiger partial charge in [-0.25, -0.2) is 4.79 Å². The van der Waals surface area contributed by atoms with Crippen molar-refractivity contribution < 1.29 is 4.79 Å². The second-order valence-electron chi connectivity index (χ2n) is 4.16. The molecule has 100 valence electrons. The van der Waals surface area contributed by atoms with Crippen LogP contribution < -0.4 is 5.73 Å². The van der Waals surface area contributed by atoms with Gasteiger partial charge in [0.15, 0.2) is 0 Å². The highest BCUT2D eigenvalue weighted by molar-refractivity contribution is 6.31. The van der Waals surface area contributed by atoms with Crippen LogP contribution in [0.2, 0.25) is 5.02 Å². The number of halogens is 1. The first-order valence-electron chi connectivity index (χ1n) is 6.03. The number of nitrogens with two attached hydrogens (primary N) is 1. The van der Waals surface area contributed by atoms with Crippen molar-refractivity contribution in [1.29, 1.82) is 0 Å². The lowest BCUT2D eigenvalue weighted by molar-refractivity contribution is 0.165. The molecule has 2 amide bonds. The Kier molecular flexibility index (Phi) is 5.28. The fourth-order valence-corrected chi connectivity index (χ4v) is 1.95. The molecule has 0 atom stereocenters. The van der Waals surface area contributed by atoms with Crippen LogP contribution in [0.4, 0.5) is 10.5 Å². The summed E-state index contributed by atoms with van der Waals surface area (Å²) in [6, 6.07) is 5.30. The number of anilines is 1. The Morgan fingerprint density at radius 3 is 2.50 bits per heavy atom. The van der Waals surface area contributed by atoms with Gasteiger partial charge in [-0.05, 0) is 37.6 Å². The van der Waals surface area contributed by atoms with Crippen molar-refractivity contribution in [1.82, 2.24) is 9.80 Å². The van der Waals surface area contributed by atoms with Gasteiger partial charge >= 0.3 is 6.03 Å². The minimum Gasteiger partial charge on any atom is -0.399 e. The SMILES string of the molecule is CCN(CC)C(=O)N(C)Cc1cc(N)ccc1Cl. The molecule has 5 heteroatoms. The molecule has 0 unspecified atom stereocenters. The van der Waals surface area contributed by atoms with Crippen LogP contribution in [0.1, 0.15) is 19.4 Å². The molecule has 0 heterocycles. The average Bonchev–Trinajstić information content (AvgIpc) is 2.35. The van der Waals surface area contributed by atoms with Crippen LogP contribution in [0, 0.1) is 0 Å². The summed E-state index contributed by atoms with van der Waals surface area (Å²) in [7, 11) is 1.76. The molecule has 0 saturated carbocycles. The van der Waals surface area contributed by atoms with Crippen molar-refractivity contribution >= 4 is 23.3 Å². The minimum atomic E-state index is -0.00140. The fourth-order valence-electron chi connectivity index (χ4n) is 1.77. The molecule has 0 aromatic heterocycles. The van der Waals surface area contributed by atoms with Gasteiger partial charge in [0.25, 0.3) is 0 Å². The highest BCUT2D eigenvalue weighted by Crippen LogP contribution is 2.20. The molecule has 0 radical (unpaired) electrons. The van der Waals surface area contributed by atoms with E-state index in [9.17, 15) is 4.79 Å². The van der Waals surface area contributed by atoms with E-state index in [0.717, 1.165) is 5.56 Å². The Balaban J connectivity index is 2.77. The molecule has 1 aromatic carbocycles. The molecule has 2 N–H and O–H groups in total. The zero-order chi connectivity index (χ0) is 13.7. The van der Waals surface area contributed by atoms with Crippen molar-refractivity contribution in [3.63, 3.8) is 0 Å². The van der Waals surface area contributed by atoms with Gasteiger partial charge in [-0.15, -0.1) is 0 Å². The van der Waals surface area contributed by atoms with E-state index in [1.807, 2.05) is 13.8 Å². The molecule has 1 aromatic rings. The number of nitrogens with zero attached hydrogens (tertiary/aromatic N) is 2. The summed E-state index contributed by atoms with van der Waals surface area (Å²) in [6.45, 7) is 5.78. The molecule has 0 aliphatic rings. The molecule has 0 saturated heterocycles. The van der Waals surface area contributed by atoms with E-state index in [1.54, 1.807) is 35.0 Å². The molecule has 0 spiro atoms. The predicted octanol–water partition coefficient (Wildman–Crippen LogP) is 2.82. The van der Waals surface area contributed by atoms with Gasteiger partial charge in [-0.1, -0.05) is 11.6 Å². The second-order valence-corrected chi connectivity index (χ2v) is 4.57. The Morgan fingerprint density at radius 2 is 1.94 bits per heavy atom. The first-order valence-corrected chi connectivity index (χ1v) is 6.41. The number of rotatable bonds is 4. The highest BCUT2D eigenvalue weighted by Gasteiger charge is 2.16. The standard InChI is InChI=1S/C13H20ClN3O/c1-4-17(5-2)13(18)16(3)9-10-8-11(15)6-7-12(10)14/h6-8H,4-5,9,15H2,1-3H3. The van der Waals surface area contributed by atoms with Gasteiger partial charge < -0.3 is 15.5 Å². The summed E-state index contributed by atoms with van der Waals surface area (Å²) in [4.78, 5) is 15.5. The average molecular weight is 270 g/mol. The molecule has 0 aliphatic carbocycles. The molecular weight excluding hydrogens is 250 g/mol. The molecule has 18 heavy (non-hydrogen) atoms. The normalized spacial score (nSPS) is 10.2. The summed E-state index contributed by atoms with van der Waals surface area (Å²) in [5.74, 6) is 0. The van der Waals surface area contributed by atoms with Crippen molar-refractivity contribution in [2.45, 2.75) is 20.4 Å². The topological polar surface area (TPSA) is 49.6 Å². The van der Waals surface area contributed by atoms with Gasteiger partial charge in [-0.3, -0.25) is 0 Å². The van der Waals surface area contributed by atoms with Gasteiger partial charge in [0.05, 0.1) is 0 Å². The van der Waals surface area contributed by atoms with E-state index >= 15 is 0 Å². The number of carbonyl (C=O) groups is 1. The summed E-state index contributed by atoms with van der Waals surface area (Å²) in [5.41, 5.74) is 7.23. The van der Waals surface area contributed by atoms with E-state index in [2.05, 4.69) is 0 Å². The Bertz CT molecular complexity index is 419. The minimum absolute atomic E-state index is 0.00140. The van der Waals surface area contributed by atoms with E-state index in [0.29, 0.717) is 30.3 Å². The number of amides is 2. The number of hydrogen-bond acceptors (Lipinski definition) is 2. The molecule has 0 bridgehead atoms. The Labute approximate surface area is 113 Å². The van der Waals surface area contributed by atoms with E-state index in [1.165, 1.54) is 0 Å². The van der Waals surface area contributed by atoms with Gasteiger partial charge in [0.2, 0.25) is 0 Å². The highest BCUT2D eigenvalue weighted by atomic mass is 35.5. The number of hydrogen-bond donors (Lipinski definition) is 1. The van der Waals surface area contributed by atoms with Crippen molar-refractivity contribution in [3.05, 3.63) is 28.8 Å². The maximum Gasteiger partial charge on any atom is 0.320 e. The third-order valence-corrected chi connectivity index (χ3v) is 3.21. The van der Waals surface area contributed by atoms with Crippen LogP contribution in [0.25, 0.3) is 0 Å². The quantitative estimate of drug-likeness (QED) is 0.855. The zero-order valence-electron chi connectivity index (χ0n) is 11.1. The summed E-state index contributed by atoms with van der Waals surface area (Å²) in [6.07, 6.45) is 0. The molecule has 0 aliphatic heterocycles. The Hall–Kier alpha value is -1.42. The van der Waals surface area contributed by atoms with Gasteiger partial charge in [-0.2, -0.15) is 0 Å². The predicted molar refractivity (Wildman–Crippen MR) is 75.6 cm³/mol. The third-order valence-electron chi connectivity index (χ3n) is 2.84. The molecule has 1 rings (SSSR count). The lowest BCUT2D eigenvalue weighted by Gasteiger charge is -2.26. The van der Waals surface area contributed by atoms with Crippen LogP contribution in [0.5, 0.6) is 0 Å². The van der Waals surface area contributed by atoms with Crippen molar-refractivity contribution in [2.24, 2.45) is 0 Å². The fraction of sp³-hybridized carbons (Fsp3) is 0.462. The number of nitrogen functional groups attached to an aromatic ring is 1.